The van der Waals surface area contributed by atoms with E-state index < -0.39 is 0 Å². The zero-order chi connectivity index (χ0) is 10.7. The van der Waals surface area contributed by atoms with Crippen LogP contribution in [0, 0.1) is 5.92 Å². The smallest absolute Gasteiger partial charge is 0.0123 e. The normalized spacial score (nSPS) is 34.8. The van der Waals surface area contributed by atoms with Crippen LogP contribution < -0.4 is 5.73 Å². The van der Waals surface area contributed by atoms with Gasteiger partial charge < -0.3 is 10.6 Å². The molecule has 1 aliphatic carbocycles. The van der Waals surface area contributed by atoms with Gasteiger partial charge in [-0.3, -0.25) is 0 Å². The van der Waals surface area contributed by atoms with Gasteiger partial charge in [0.05, 0.1) is 0 Å². The van der Waals surface area contributed by atoms with E-state index in [1.54, 1.807) is 0 Å². The molecule has 1 aliphatic heterocycles. The predicted octanol–water partition coefficient (Wildman–Crippen LogP) is 2.38. The van der Waals surface area contributed by atoms with Crippen molar-refractivity contribution in [2.24, 2.45) is 11.7 Å². The quantitative estimate of drug-likeness (QED) is 0.775. The Morgan fingerprint density at radius 3 is 2.73 bits per heavy atom. The summed E-state index contributed by atoms with van der Waals surface area (Å²) in [5, 5.41) is 0. The number of hydrogen-bond donors (Lipinski definition) is 1. The number of nitrogens with two attached hydrogens (primary N) is 1. The molecule has 2 aliphatic rings. The van der Waals surface area contributed by atoms with Gasteiger partial charge >= 0.3 is 0 Å². The molecule has 0 aromatic rings. The van der Waals surface area contributed by atoms with Crippen LogP contribution >= 0.6 is 0 Å². The Kier molecular flexibility index (Phi) is 4.04. The van der Waals surface area contributed by atoms with E-state index in [4.69, 9.17) is 5.73 Å². The summed E-state index contributed by atoms with van der Waals surface area (Å²) in [5.41, 5.74) is 5.85. The molecular weight excluding hydrogens is 184 g/mol. The molecule has 88 valence electrons. The summed E-state index contributed by atoms with van der Waals surface area (Å²) in [6.45, 7) is 4.69. The maximum Gasteiger partial charge on any atom is 0.0123 e. The third-order valence-electron chi connectivity index (χ3n) is 4.23. The molecule has 3 atom stereocenters. The van der Waals surface area contributed by atoms with Gasteiger partial charge in [0.25, 0.3) is 0 Å². The highest BCUT2D eigenvalue weighted by Crippen LogP contribution is 2.35. The minimum Gasteiger partial charge on any atom is -0.328 e. The molecule has 1 saturated heterocycles. The van der Waals surface area contributed by atoms with Crippen molar-refractivity contribution in [2.75, 3.05) is 13.1 Å². The van der Waals surface area contributed by atoms with Gasteiger partial charge in [-0.25, -0.2) is 0 Å². The molecule has 1 unspecified atom stereocenters. The van der Waals surface area contributed by atoms with Gasteiger partial charge in [-0.1, -0.05) is 12.8 Å². The lowest BCUT2D eigenvalue weighted by Gasteiger charge is -2.44. The second-order valence-electron chi connectivity index (χ2n) is 5.56. The van der Waals surface area contributed by atoms with E-state index in [2.05, 4.69) is 11.8 Å². The number of rotatable bonds is 3. The fraction of sp³-hybridized carbons (Fsp3) is 1.00. The van der Waals surface area contributed by atoms with Crippen LogP contribution in [0.15, 0.2) is 0 Å². The average Bonchev–Trinajstić information content (AvgIpc) is 2.26. The fourth-order valence-corrected chi connectivity index (χ4v) is 3.38. The monoisotopic (exact) mass is 210 g/mol. The van der Waals surface area contributed by atoms with Crippen LogP contribution in [0.25, 0.3) is 0 Å². The summed E-state index contributed by atoms with van der Waals surface area (Å²) in [5.74, 6) is 1.01. The minimum atomic E-state index is 0.369. The number of fused-ring (bicyclic) bond motifs is 1. The Hall–Kier alpha value is -0.0800. The van der Waals surface area contributed by atoms with Crippen molar-refractivity contribution < 1.29 is 0 Å². The fourth-order valence-electron chi connectivity index (χ4n) is 3.38. The van der Waals surface area contributed by atoms with Gasteiger partial charge in [-0.15, -0.1) is 0 Å². The van der Waals surface area contributed by atoms with Crippen molar-refractivity contribution >= 4 is 0 Å². The molecule has 1 saturated carbocycles. The standard InChI is InChI=1S/C13H26N2/c1-11(14)8-10-15-9-4-6-12-5-2-3-7-13(12)15/h11-13H,2-10,14H2,1H3/t11?,12-,13-/m1/s1. The van der Waals surface area contributed by atoms with Crippen molar-refractivity contribution in [3.63, 3.8) is 0 Å². The predicted molar refractivity (Wildman–Crippen MR) is 64.8 cm³/mol. The molecule has 0 aromatic heterocycles. The van der Waals surface area contributed by atoms with Crippen LogP contribution in [-0.2, 0) is 0 Å². The summed E-state index contributed by atoms with van der Waals surface area (Å²) >= 11 is 0. The number of piperidine rings is 1. The molecule has 15 heavy (non-hydrogen) atoms. The summed E-state index contributed by atoms with van der Waals surface area (Å²) in [4.78, 5) is 2.73. The first kappa shape index (κ1) is 11.4. The van der Waals surface area contributed by atoms with Crippen molar-refractivity contribution in [1.29, 1.82) is 0 Å². The molecule has 0 bridgehead atoms. The molecular formula is C13H26N2. The maximum absolute atomic E-state index is 5.85. The van der Waals surface area contributed by atoms with Gasteiger partial charge in [-0.2, -0.15) is 0 Å². The molecule has 0 spiro atoms. The Bertz CT molecular complexity index is 189. The van der Waals surface area contributed by atoms with Crippen LogP contribution in [0.4, 0.5) is 0 Å². The topological polar surface area (TPSA) is 29.3 Å². The van der Waals surface area contributed by atoms with E-state index in [0.29, 0.717) is 6.04 Å². The van der Waals surface area contributed by atoms with Gasteiger partial charge in [0.15, 0.2) is 0 Å². The van der Waals surface area contributed by atoms with Crippen molar-refractivity contribution in [3.8, 4) is 0 Å². The lowest BCUT2D eigenvalue weighted by molar-refractivity contribution is 0.0590. The summed E-state index contributed by atoms with van der Waals surface area (Å²) in [6.07, 6.45) is 9.93. The summed E-state index contributed by atoms with van der Waals surface area (Å²) in [6, 6.07) is 1.28. The van der Waals surface area contributed by atoms with Crippen molar-refractivity contribution in [3.05, 3.63) is 0 Å². The average molecular weight is 210 g/mol. The third-order valence-corrected chi connectivity index (χ3v) is 4.23. The van der Waals surface area contributed by atoms with Gasteiger partial charge in [0.1, 0.15) is 0 Å². The Balaban J connectivity index is 1.86. The second-order valence-corrected chi connectivity index (χ2v) is 5.56. The lowest BCUT2D eigenvalue weighted by atomic mass is 9.78. The van der Waals surface area contributed by atoms with Gasteiger partial charge in [0.2, 0.25) is 0 Å². The highest BCUT2D eigenvalue weighted by atomic mass is 15.2. The molecule has 1 heterocycles. The van der Waals surface area contributed by atoms with Crippen LogP contribution in [0.1, 0.15) is 51.9 Å². The molecule has 0 amide bonds. The number of nitrogens with zero attached hydrogens (tertiary/aromatic N) is 1. The second kappa shape index (κ2) is 5.31. The molecule has 2 heteroatoms. The molecule has 2 N–H and O–H groups in total. The van der Waals surface area contributed by atoms with E-state index >= 15 is 0 Å². The first-order valence-electron chi connectivity index (χ1n) is 6.77. The Labute approximate surface area is 94.2 Å². The highest BCUT2D eigenvalue weighted by Gasteiger charge is 2.32. The van der Waals surface area contributed by atoms with Crippen LogP contribution in [0.5, 0.6) is 0 Å². The minimum absolute atomic E-state index is 0.369. The molecule has 2 rings (SSSR count). The Morgan fingerprint density at radius 2 is 1.93 bits per heavy atom. The van der Waals surface area contributed by atoms with E-state index in [0.717, 1.165) is 12.0 Å². The van der Waals surface area contributed by atoms with Crippen LogP contribution in [0.3, 0.4) is 0 Å². The van der Waals surface area contributed by atoms with E-state index in [1.165, 1.54) is 58.0 Å². The first-order chi connectivity index (χ1) is 7.27. The third kappa shape index (κ3) is 2.94. The van der Waals surface area contributed by atoms with E-state index in [9.17, 15) is 0 Å². The number of likely N-dealkylation sites (tertiary alicyclic amines) is 1. The van der Waals surface area contributed by atoms with Crippen molar-refractivity contribution in [2.45, 2.75) is 64.0 Å². The van der Waals surface area contributed by atoms with Crippen LogP contribution in [-0.4, -0.2) is 30.1 Å². The maximum atomic E-state index is 5.85. The van der Waals surface area contributed by atoms with Crippen LogP contribution in [0.2, 0.25) is 0 Å². The van der Waals surface area contributed by atoms with Gasteiger partial charge in [-0.05, 0) is 58.0 Å². The number of hydrogen-bond acceptors (Lipinski definition) is 2. The largest absolute Gasteiger partial charge is 0.328 e. The molecule has 0 aromatic carbocycles. The summed E-state index contributed by atoms with van der Waals surface area (Å²) < 4.78 is 0. The van der Waals surface area contributed by atoms with E-state index in [-0.39, 0.29) is 0 Å². The molecule has 2 nitrogen and oxygen atoms in total. The van der Waals surface area contributed by atoms with Crippen molar-refractivity contribution in [1.82, 2.24) is 4.90 Å². The van der Waals surface area contributed by atoms with Gasteiger partial charge in [0, 0.05) is 12.1 Å². The zero-order valence-electron chi connectivity index (χ0n) is 10.1. The SMILES string of the molecule is CC(N)CCN1CCC[C@H]2CCCC[C@H]21. The molecule has 2 fully saturated rings. The molecule has 0 radical (unpaired) electrons. The first-order valence-corrected chi connectivity index (χ1v) is 6.77. The summed E-state index contributed by atoms with van der Waals surface area (Å²) in [7, 11) is 0. The van der Waals surface area contributed by atoms with E-state index in [1.807, 2.05) is 0 Å². The zero-order valence-corrected chi connectivity index (χ0v) is 10.1. The Morgan fingerprint density at radius 1 is 1.20 bits per heavy atom. The highest BCUT2D eigenvalue weighted by molar-refractivity contribution is 4.87. The lowest BCUT2D eigenvalue weighted by Crippen LogP contribution is -2.47.